The molecule has 5 nitrogen and oxygen atoms in total. The van der Waals surface area contributed by atoms with E-state index in [-0.39, 0.29) is 6.04 Å². The molecule has 0 amide bonds. The van der Waals surface area contributed by atoms with E-state index >= 15 is 0 Å². The van der Waals surface area contributed by atoms with Crippen molar-refractivity contribution in [2.24, 2.45) is 0 Å². The van der Waals surface area contributed by atoms with Gasteiger partial charge in [-0.05, 0) is 36.8 Å². The largest absolute Gasteiger partial charge is 0.493 e. The lowest BCUT2D eigenvalue weighted by Crippen LogP contribution is -2.19. The number of hydrogen-bond donors (Lipinski definition) is 1. The molecular formula is C25H23N3O2. The highest BCUT2D eigenvalue weighted by Crippen LogP contribution is 2.42. The Labute approximate surface area is 175 Å². The van der Waals surface area contributed by atoms with Crippen LogP contribution >= 0.6 is 0 Å². The molecule has 1 aliphatic heterocycles. The molecule has 0 fully saturated rings. The van der Waals surface area contributed by atoms with Crippen LogP contribution in [-0.4, -0.2) is 23.8 Å². The molecule has 150 valence electrons. The molecule has 0 aliphatic carbocycles. The zero-order valence-electron chi connectivity index (χ0n) is 17.2. The van der Waals surface area contributed by atoms with Crippen molar-refractivity contribution in [3.8, 4) is 11.5 Å². The van der Waals surface area contributed by atoms with Crippen LogP contribution in [0, 0.1) is 6.92 Å². The molecule has 1 aliphatic rings. The summed E-state index contributed by atoms with van der Waals surface area (Å²) in [5, 5.41) is 3.53. The fourth-order valence-corrected chi connectivity index (χ4v) is 4.08. The monoisotopic (exact) mass is 397 g/mol. The maximum atomic E-state index is 5.77. The molecule has 1 aromatic heterocycles. The number of ether oxygens (including phenoxy) is 2. The van der Waals surface area contributed by atoms with Gasteiger partial charge in [0, 0.05) is 11.3 Å². The first-order chi connectivity index (χ1) is 14.7. The number of imidazole rings is 1. The normalized spacial score (nSPS) is 15.3. The summed E-state index contributed by atoms with van der Waals surface area (Å²) >= 11 is 0. The molecule has 0 unspecified atom stereocenters. The summed E-state index contributed by atoms with van der Waals surface area (Å²) < 4.78 is 13.5. The molecule has 1 atom stereocenters. The molecule has 0 radical (unpaired) electrons. The number of rotatable bonds is 4. The Morgan fingerprint density at radius 2 is 1.70 bits per heavy atom. The van der Waals surface area contributed by atoms with Crippen molar-refractivity contribution in [3.63, 3.8) is 0 Å². The standard InChI is InChI=1S/C25H23N3O2/c1-16-11-13-17(14-12-16)20-15-22(18-7-6-10-23(29-2)24(18)30-3)28-21-9-5-4-8-19(21)26-25(28)27-20/h4-15,22H,1-3H3,(H,26,27)/t22-/m1/s1. The number of aromatic nitrogens is 2. The molecule has 3 aromatic carbocycles. The van der Waals surface area contributed by atoms with E-state index in [2.05, 4.69) is 59.3 Å². The predicted octanol–water partition coefficient (Wildman–Crippen LogP) is 5.42. The first-order valence-corrected chi connectivity index (χ1v) is 9.93. The van der Waals surface area contributed by atoms with E-state index in [1.807, 2.05) is 30.3 Å². The highest BCUT2D eigenvalue weighted by Gasteiger charge is 2.28. The lowest BCUT2D eigenvalue weighted by atomic mass is 9.99. The SMILES string of the molecule is COc1cccc([C@H]2C=C(c3ccc(C)cc3)Nc3nc4ccccc4n32)c1OC. The van der Waals surface area contributed by atoms with Gasteiger partial charge in [0.2, 0.25) is 5.95 Å². The minimum atomic E-state index is -0.102. The number of aryl methyl sites for hydroxylation is 1. The van der Waals surface area contributed by atoms with E-state index in [1.165, 1.54) is 5.56 Å². The summed E-state index contributed by atoms with van der Waals surface area (Å²) in [6.07, 6.45) is 2.23. The number of nitrogens with zero attached hydrogens (tertiary/aromatic N) is 2. The van der Waals surface area contributed by atoms with E-state index in [4.69, 9.17) is 14.5 Å². The molecule has 0 saturated carbocycles. The third-order valence-electron chi connectivity index (χ3n) is 5.56. The van der Waals surface area contributed by atoms with Crippen LogP contribution in [0.15, 0.2) is 72.8 Å². The number of hydrogen-bond acceptors (Lipinski definition) is 4. The van der Waals surface area contributed by atoms with E-state index in [0.717, 1.165) is 39.6 Å². The highest BCUT2D eigenvalue weighted by atomic mass is 16.5. The molecule has 0 saturated heterocycles. The Bertz CT molecular complexity index is 1260. The van der Waals surface area contributed by atoms with Crippen LogP contribution in [0.2, 0.25) is 0 Å². The fourth-order valence-electron chi connectivity index (χ4n) is 4.08. The van der Waals surface area contributed by atoms with Crippen molar-refractivity contribution in [2.45, 2.75) is 13.0 Å². The van der Waals surface area contributed by atoms with Crippen LogP contribution in [0.5, 0.6) is 11.5 Å². The number of para-hydroxylation sites is 3. The smallest absolute Gasteiger partial charge is 0.209 e. The van der Waals surface area contributed by atoms with Crippen molar-refractivity contribution in [3.05, 3.63) is 89.5 Å². The summed E-state index contributed by atoms with van der Waals surface area (Å²) in [4.78, 5) is 4.86. The topological polar surface area (TPSA) is 48.3 Å². The molecule has 4 aromatic rings. The van der Waals surface area contributed by atoms with Gasteiger partial charge >= 0.3 is 0 Å². The summed E-state index contributed by atoms with van der Waals surface area (Å²) in [6, 6.07) is 22.6. The lowest BCUT2D eigenvalue weighted by molar-refractivity contribution is 0.350. The third kappa shape index (κ3) is 2.90. The second-order valence-corrected chi connectivity index (χ2v) is 7.39. The number of nitrogens with one attached hydrogen (secondary N) is 1. The quantitative estimate of drug-likeness (QED) is 0.500. The third-order valence-corrected chi connectivity index (χ3v) is 5.56. The van der Waals surface area contributed by atoms with Gasteiger partial charge in [-0.25, -0.2) is 4.98 Å². The van der Waals surface area contributed by atoms with Crippen molar-refractivity contribution < 1.29 is 9.47 Å². The molecule has 0 bridgehead atoms. The van der Waals surface area contributed by atoms with E-state index in [1.54, 1.807) is 14.2 Å². The highest BCUT2D eigenvalue weighted by molar-refractivity contribution is 5.85. The Hall–Kier alpha value is -3.73. The van der Waals surface area contributed by atoms with Gasteiger partial charge in [-0.1, -0.05) is 54.1 Å². The zero-order valence-corrected chi connectivity index (χ0v) is 17.2. The van der Waals surface area contributed by atoms with Crippen LogP contribution < -0.4 is 14.8 Å². The molecule has 30 heavy (non-hydrogen) atoms. The molecule has 5 rings (SSSR count). The summed E-state index contributed by atoms with van der Waals surface area (Å²) in [7, 11) is 3.34. The first kappa shape index (κ1) is 18.3. The summed E-state index contributed by atoms with van der Waals surface area (Å²) in [5.74, 6) is 2.25. The van der Waals surface area contributed by atoms with E-state index in [0.29, 0.717) is 5.75 Å². The van der Waals surface area contributed by atoms with Gasteiger partial charge < -0.3 is 14.8 Å². The number of fused-ring (bicyclic) bond motifs is 3. The molecule has 1 N–H and O–H groups in total. The number of anilines is 1. The molecular weight excluding hydrogens is 374 g/mol. The van der Waals surface area contributed by atoms with Crippen LogP contribution in [0.3, 0.4) is 0 Å². The van der Waals surface area contributed by atoms with Gasteiger partial charge in [-0.3, -0.25) is 4.57 Å². The maximum Gasteiger partial charge on any atom is 0.209 e. The van der Waals surface area contributed by atoms with Gasteiger partial charge in [0.25, 0.3) is 0 Å². The van der Waals surface area contributed by atoms with Crippen LogP contribution in [0.4, 0.5) is 5.95 Å². The van der Waals surface area contributed by atoms with Gasteiger partial charge in [0.05, 0.1) is 31.3 Å². The molecule has 2 heterocycles. The average molecular weight is 397 g/mol. The van der Waals surface area contributed by atoms with E-state index < -0.39 is 0 Å². The van der Waals surface area contributed by atoms with Crippen LogP contribution in [0.1, 0.15) is 22.7 Å². The predicted molar refractivity (Wildman–Crippen MR) is 120 cm³/mol. The molecule has 5 heteroatoms. The lowest BCUT2D eigenvalue weighted by Gasteiger charge is -2.28. The Balaban J connectivity index is 1.75. The van der Waals surface area contributed by atoms with Gasteiger partial charge in [-0.15, -0.1) is 0 Å². The minimum Gasteiger partial charge on any atom is -0.493 e. The Morgan fingerprint density at radius 3 is 2.47 bits per heavy atom. The number of allylic oxidation sites excluding steroid dienone is 1. The fraction of sp³-hybridized carbons (Fsp3) is 0.160. The van der Waals surface area contributed by atoms with Crippen molar-refractivity contribution in [1.29, 1.82) is 0 Å². The van der Waals surface area contributed by atoms with Crippen molar-refractivity contribution >= 4 is 22.7 Å². The van der Waals surface area contributed by atoms with Gasteiger partial charge in [-0.2, -0.15) is 0 Å². The minimum absolute atomic E-state index is 0.102. The Morgan fingerprint density at radius 1 is 0.900 bits per heavy atom. The van der Waals surface area contributed by atoms with Crippen molar-refractivity contribution in [1.82, 2.24) is 9.55 Å². The second-order valence-electron chi connectivity index (χ2n) is 7.39. The van der Waals surface area contributed by atoms with E-state index in [9.17, 15) is 0 Å². The van der Waals surface area contributed by atoms with Crippen LogP contribution in [0.25, 0.3) is 16.7 Å². The molecule has 0 spiro atoms. The van der Waals surface area contributed by atoms with Gasteiger partial charge in [0.1, 0.15) is 0 Å². The zero-order chi connectivity index (χ0) is 20.7. The summed E-state index contributed by atoms with van der Waals surface area (Å²) in [6.45, 7) is 2.09. The number of benzene rings is 3. The number of methoxy groups -OCH3 is 2. The van der Waals surface area contributed by atoms with Crippen LogP contribution in [-0.2, 0) is 0 Å². The second kappa shape index (κ2) is 7.26. The first-order valence-electron chi connectivity index (χ1n) is 9.93. The maximum absolute atomic E-state index is 5.77. The summed E-state index contributed by atoms with van der Waals surface area (Å²) in [5.41, 5.74) is 6.40. The van der Waals surface area contributed by atoms with Gasteiger partial charge in [0.15, 0.2) is 11.5 Å². The van der Waals surface area contributed by atoms with Crippen molar-refractivity contribution in [2.75, 3.05) is 19.5 Å². The average Bonchev–Trinajstić information content (AvgIpc) is 3.17. The Kier molecular flexibility index (Phi) is 4.43.